The van der Waals surface area contributed by atoms with Crippen molar-refractivity contribution in [3.8, 4) is 11.8 Å². The number of benzene rings is 2. The Morgan fingerprint density at radius 2 is 1.96 bits per heavy atom. The molecule has 1 unspecified atom stereocenters. The third-order valence-corrected chi connectivity index (χ3v) is 3.60. The standard InChI is InChI=1S/C17H11F4N3O2/c1-25-15(16-23-12-4-3-11(18)7-13(12)24-16)9-2-5-14(10(6-9)8-22)26-17(19,20)21/h2-7,15H,1H3,(H,23,24). The van der Waals surface area contributed by atoms with E-state index in [0.29, 0.717) is 22.4 Å². The highest BCUT2D eigenvalue weighted by atomic mass is 19.4. The Bertz CT molecular complexity index is 992. The Labute approximate surface area is 144 Å². The van der Waals surface area contributed by atoms with Crippen molar-refractivity contribution in [2.24, 2.45) is 0 Å². The number of imidazole rings is 1. The van der Waals surface area contributed by atoms with Crippen LogP contribution in [-0.2, 0) is 4.74 Å². The van der Waals surface area contributed by atoms with E-state index in [-0.39, 0.29) is 5.56 Å². The molecule has 0 fully saturated rings. The van der Waals surface area contributed by atoms with Crippen molar-refractivity contribution in [3.05, 3.63) is 59.2 Å². The van der Waals surface area contributed by atoms with Gasteiger partial charge in [0, 0.05) is 7.11 Å². The SMILES string of the molecule is COC(c1ccc(OC(F)(F)F)c(C#N)c1)c1nc2ccc(F)cc2[nH]1. The maximum absolute atomic E-state index is 13.3. The van der Waals surface area contributed by atoms with Gasteiger partial charge in [0.2, 0.25) is 0 Å². The van der Waals surface area contributed by atoms with Crippen LogP contribution >= 0.6 is 0 Å². The second-order valence-electron chi connectivity index (χ2n) is 5.31. The number of rotatable bonds is 4. The van der Waals surface area contributed by atoms with Crippen LogP contribution in [0.25, 0.3) is 11.0 Å². The molecule has 9 heteroatoms. The molecule has 0 saturated heterocycles. The summed E-state index contributed by atoms with van der Waals surface area (Å²) < 4.78 is 59.7. The fraction of sp³-hybridized carbons (Fsp3) is 0.176. The molecule has 0 aliphatic carbocycles. The van der Waals surface area contributed by atoms with Crippen molar-refractivity contribution >= 4 is 11.0 Å². The van der Waals surface area contributed by atoms with Gasteiger partial charge in [-0.05, 0) is 35.9 Å². The van der Waals surface area contributed by atoms with Crippen LogP contribution < -0.4 is 4.74 Å². The molecule has 1 heterocycles. The number of hydrogen-bond donors (Lipinski definition) is 1. The molecular weight excluding hydrogens is 354 g/mol. The normalized spacial score (nSPS) is 12.8. The molecule has 0 aliphatic heterocycles. The third-order valence-electron chi connectivity index (χ3n) is 3.60. The minimum absolute atomic E-state index is 0.302. The molecule has 26 heavy (non-hydrogen) atoms. The summed E-state index contributed by atoms with van der Waals surface area (Å²) in [5, 5.41) is 9.11. The zero-order valence-electron chi connectivity index (χ0n) is 13.3. The molecule has 5 nitrogen and oxygen atoms in total. The average Bonchev–Trinajstić information content (AvgIpc) is 2.98. The zero-order valence-corrected chi connectivity index (χ0v) is 13.3. The number of halogens is 4. The number of fused-ring (bicyclic) bond motifs is 1. The summed E-state index contributed by atoms with van der Waals surface area (Å²) in [6.45, 7) is 0. The van der Waals surface area contributed by atoms with Crippen molar-refractivity contribution < 1.29 is 27.0 Å². The fourth-order valence-corrected chi connectivity index (χ4v) is 2.54. The van der Waals surface area contributed by atoms with E-state index < -0.39 is 24.0 Å². The van der Waals surface area contributed by atoms with Crippen LogP contribution in [0.3, 0.4) is 0 Å². The first kappa shape index (κ1) is 17.7. The van der Waals surface area contributed by atoms with E-state index in [2.05, 4.69) is 14.7 Å². The summed E-state index contributed by atoms with van der Waals surface area (Å²) in [5.41, 5.74) is 1.03. The van der Waals surface area contributed by atoms with Gasteiger partial charge in [-0.1, -0.05) is 6.07 Å². The lowest BCUT2D eigenvalue weighted by atomic mass is 10.0. The van der Waals surface area contributed by atoms with E-state index in [4.69, 9.17) is 10.00 Å². The maximum Gasteiger partial charge on any atom is 0.573 e. The molecular formula is C17H11F4N3O2. The number of nitriles is 1. The van der Waals surface area contributed by atoms with E-state index >= 15 is 0 Å². The molecule has 3 rings (SSSR count). The first-order chi connectivity index (χ1) is 12.3. The first-order valence-electron chi connectivity index (χ1n) is 7.28. The maximum atomic E-state index is 13.3. The Hall–Kier alpha value is -3.12. The van der Waals surface area contributed by atoms with Crippen LogP contribution in [0.4, 0.5) is 17.6 Å². The van der Waals surface area contributed by atoms with Gasteiger partial charge in [-0.25, -0.2) is 9.37 Å². The van der Waals surface area contributed by atoms with Gasteiger partial charge in [-0.3, -0.25) is 0 Å². The number of aromatic nitrogens is 2. The lowest BCUT2D eigenvalue weighted by Gasteiger charge is -2.15. The van der Waals surface area contributed by atoms with Crippen molar-refractivity contribution in [1.82, 2.24) is 9.97 Å². The van der Waals surface area contributed by atoms with Crippen LogP contribution in [0.15, 0.2) is 36.4 Å². The van der Waals surface area contributed by atoms with Gasteiger partial charge in [0.1, 0.15) is 29.6 Å². The molecule has 0 amide bonds. The van der Waals surface area contributed by atoms with Gasteiger partial charge in [-0.2, -0.15) is 5.26 Å². The van der Waals surface area contributed by atoms with Crippen LogP contribution in [0, 0.1) is 17.1 Å². The summed E-state index contributed by atoms with van der Waals surface area (Å²) in [5.74, 6) is -0.728. The Kier molecular flexibility index (Phi) is 4.52. The van der Waals surface area contributed by atoms with E-state index in [1.807, 2.05) is 0 Å². The lowest BCUT2D eigenvalue weighted by molar-refractivity contribution is -0.274. The number of H-pyrrole nitrogens is 1. The van der Waals surface area contributed by atoms with Gasteiger partial charge in [0.15, 0.2) is 0 Å². The Morgan fingerprint density at radius 1 is 1.19 bits per heavy atom. The smallest absolute Gasteiger partial charge is 0.404 e. The number of methoxy groups -OCH3 is 1. The Morgan fingerprint density at radius 3 is 2.62 bits per heavy atom. The van der Waals surface area contributed by atoms with Crippen molar-refractivity contribution in [2.75, 3.05) is 7.11 Å². The molecule has 0 aliphatic rings. The number of alkyl halides is 3. The molecule has 0 saturated carbocycles. The van der Waals surface area contributed by atoms with Gasteiger partial charge in [0.05, 0.1) is 16.6 Å². The third kappa shape index (κ3) is 3.60. The molecule has 1 atom stereocenters. The van der Waals surface area contributed by atoms with E-state index in [0.717, 1.165) is 6.07 Å². The summed E-state index contributed by atoms with van der Waals surface area (Å²) in [6, 6.07) is 9.27. The van der Waals surface area contributed by atoms with Gasteiger partial charge < -0.3 is 14.5 Å². The number of ether oxygens (including phenoxy) is 2. The number of nitrogens with zero attached hydrogens (tertiary/aromatic N) is 2. The van der Waals surface area contributed by atoms with Gasteiger partial charge in [-0.15, -0.1) is 13.2 Å². The number of hydrogen-bond acceptors (Lipinski definition) is 4. The average molecular weight is 365 g/mol. The summed E-state index contributed by atoms with van der Waals surface area (Å²) in [7, 11) is 1.38. The van der Waals surface area contributed by atoms with E-state index in [1.165, 1.54) is 37.4 Å². The zero-order chi connectivity index (χ0) is 18.9. The molecule has 1 N–H and O–H groups in total. The molecule has 0 spiro atoms. The topological polar surface area (TPSA) is 70.9 Å². The van der Waals surface area contributed by atoms with Crippen molar-refractivity contribution in [1.29, 1.82) is 5.26 Å². The molecule has 0 bridgehead atoms. The molecule has 1 aromatic heterocycles. The van der Waals surface area contributed by atoms with Gasteiger partial charge in [0.25, 0.3) is 0 Å². The predicted molar refractivity (Wildman–Crippen MR) is 82.7 cm³/mol. The molecule has 2 aromatic carbocycles. The Balaban J connectivity index is 2.00. The first-order valence-corrected chi connectivity index (χ1v) is 7.28. The van der Waals surface area contributed by atoms with Crippen LogP contribution in [0.2, 0.25) is 0 Å². The number of nitrogens with one attached hydrogen (secondary N) is 1. The highest BCUT2D eigenvalue weighted by molar-refractivity contribution is 5.75. The largest absolute Gasteiger partial charge is 0.573 e. The highest BCUT2D eigenvalue weighted by Gasteiger charge is 2.32. The van der Waals surface area contributed by atoms with Crippen LogP contribution in [0.5, 0.6) is 5.75 Å². The monoisotopic (exact) mass is 365 g/mol. The van der Waals surface area contributed by atoms with Gasteiger partial charge >= 0.3 is 6.36 Å². The molecule has 0 radical (unpaired) electrons. The lowest BCUT2D eigenvalue weighted by Crippen LogP contribution is -2.18. The fourth-order valence-electron chi connectivity index (χ4n) is 2.54. The highest BCUT2D eigenvalue weighted by Crippen LogP contribution is 2.31. The van der Waals surface area contributed by atoms with E-state index in [1.54, 1.807) is 6.07 Å². The summed E-state index contributed by atoms with van der Waals surface area (Å²) >= 11 is 0. The second-order valence-corrected chi connectivity index (χ2v) is 5.31. The predicted octanol–water partition coefficient (Wildman–Crippen LogP) is 4.21. The second kappa shape index (κ2) is 6.65. The quantitative estimate of drug-likeness (QED) is 0.703. The van der Waals surface area contributed by atoms with E-state index in [9.17, 15) is 17.6 Å². The van der Waals surface area contributed by atoms with Crippen LogP contribution in [0.1, 0.15) is 23.1 Å². The minimum Gasteiger partial charge on any atom is -0.404 e. The van der Waals surface area contributed by atoms with Crippen molar-refractivity contribution in [3.63, 3.8) is 0 Å². The number of aromatic amines is 1. The molecule has 134 valence electrons. The molecule has 3 aromatic rings. The van der Waals surface area contributed by atoms with Crippen molar-refractivity contribution in [2.45, 2.75) is 12.5 Å². The summed E-state index contributed by atoms with van der Waals surface area (Å²) in [4.78, 5) is 7.20. The minimum atomic E-state index is -4.91. The summed E-state index contributed by atoms with van der Waals surface area (Å²) in [6.07, 6.45) is -5.70. The van der Waals surface area contributed by atoms with Crippen LogP contribution in [-0.4, -0.2) is 23.4 Å².